The highest BCUT2D eigenvalue weighted by atomic mass is 32.2. The first-order valence-corrected chi connectivity index (χ1v) is 14.1. The van der Waals surface area contributed by atoms with Gasteiger partial charge >= 0.3 is 0 Å². The van der Waals surface area contributed by atoms with Crippen molar-refractivity contribution in [1.82, 2.24) is 10.2 Å². The minimum absolute atomic E-state index is 0.0391. The Labute approximate surface area is 228 Å². The van der Waals surface area contributed by atoms with Crippen LogP contribution in [0.5, 0.6) is 0 Å². The Hall–Kier alpha value is -4.25. The number of hydrogen-bond acceptors (Lipinski definition) is 6. The first-order chi connectivity index (χ1) is 18.7. The number of nitro groups is 1. The molecule has 11 heteroatoms. The molecule has 0 unspecified atom stereocenters. The van der Waals surface area contributed by atoms with E-state index in [4.69, 9.17) is 0 Å². The number of nitrogens with zero attached hydrogens (tertiary/aromatic N) is 3. The molecule has 0 aromatic heterocycles. The molecule has 206 valence electrons. The average Bonchev–Trinajstić information content (AvgIpc) is 2.95. The van der Waals surface area contributed by atoms with Gasteiger partial charge in [0.1, 0.15) is 12.6 Å². The summed E-state index contributed by atoms with van der Waals surface area (Å²) in [6.07, 6.45) is 0.792. The molecular formula is C28H32N4O6S. The number of rotatable bonds is 13. The molecule has 0 aliphatic carbocycles. The van der Waals surface area contributed by atoms with E-state index in [-0.39, 0.29) is 28.7 Å². The van der Waals surface area contributed by atoms with E-state index < -0.39 is 33.4 Å². The third-order valence-electron chi connectivity index (χ3n) is 6.18. The quantitative estimate of drug-likeness (QED) is 0.254. The van der Waals surface area contributed by atoms with Crippen LogP contribution in [0, 0.1) is 10.1 Å². The van der Waals surface area contributed by atoms with E-state index in [1.165, 1.54) is 41.3 Å². The summed E-state index contributed by atoms with van der Waals surface area (Å²) in [6.45, 7) is 3.55. The minimum atomic E-state index is -4.23. The monoisotopic (exact) mass is 552 g/mol. The summed E-state index contributed by atoms with van der Waals surface area (Å²) in [5.74, 6) is -0.892. The normalized spacial score (nSPS) is 11.8. The minimum Gasteiger partial charge on any atom is -0.355 e. The van der Waals surface area contributed by atoms with Crippen LogP contribution in [0.15, 0.2) is 89.8 Å². The van der Waals surface area contributed by atoms with E-state index in [0.717, 1.165) is 9.87 Å². The van der Waals surface area contributed by atoms with Crippen LogP contribution in [-0.4, -0.2) is 55.7 Å². The molecule has 1 atom stereocenters. The summed E-state index contributed by atoms with van der Waals surface area (Å²) < 4.78 is 28.3. The number of hydrogen-bond donors (Lipinski definition) is 1. The average molecular weight is 553 g/mol. The van der Waals surface area contributed by atoms with Gasteiger partial charge in [-0.15, -0.1) is 0 Å². The highest BCUT2D eigenvalue weighted by Crippen LogP contribution is 2.26. The molecule has 1 N–H and O–H groups in total. The van der Waals surface area contributed by atoms with Crippen molar-refractivity contribution in [1.29, 1.82) is 0 Å². The molecule has 0 fully saturated rings. The number of amides is 2. The molecule has 10 nitrogen and oxygen atoms in total. The molecule has 3 aromatic carbocycles. The third kappa shape index (κ3) is 7.41. The van der Waals surface area contributed by atoms with Crippen LogP contribution < -0.4 is 9.62 Å². The van der Waals surface area contributed by atoms with Gasteiger partial charge in [0.25, 0.3) is 15.7 Å². The molecule has 0 bridgehead atoms. The van der Waals surface area contributed by atoms with Crippen molar-refractivity contribution in [2.45, 2.75) is 37.6 Å². The topological polar surface area (TPSA) is 130 Å². The molecule has 0 aliphatic heterocycles. The van der Waals surface area contributed by atoms with Gasteiger partial charge in [0, 0.05) is 25.2 Å². The number of likely N-dealkylation sites (N-methyl/N-ethyl adjacent to an activating group) is 1. The van der Waals surface area contributed by atoms with E-state index in [0.29, 0.717) is 19.4 Å². The van der Waals surface area contributed by atoms with Crippen LogP contribution in [0.4, 0.5) is 11.4 Å². The van der Waals surface area contributed by atoms with E-state index in [1.54, 1.807) is 32.0 Å². The number of carbonyl (C=O) groups is 2. The fourth-order valence-electron chi connectivity index (χ4n) is 4.18. The Morgan fingerprint density at radius 1 is 0.923 bits per heavy atom. The molecule has 0 saturated heterocycles. The zero-order valence-corrected chi connectivity index (χ0v) is 22.7. The van der Waals surface area contributed by atoms with Crippen molar-refractivity contribution in [3.63, 3.8) is 0 Å². The molecule has 3 rings (SSSR count). The fourth-order valence-corrected chi connectivity index (χ4v) is 5.61. The number of sulfonamides is 1. The Morgan fingerprint density at radius 2 is 1.51 bits per heavy atom. The lowest BCUT2D eigenvalue weighted by Gasteiger charge is -2.33. The van der Waals surface area contributed by atoms with Gasteiger partial charge in [-0.3, -0.25) is 24.0 Å². The zero-order valence-electron chi connectivity index (χ0n) is 21.9. The molecule has 39 heavy (non-hydrogen) atoms. The number of anilines is 1. The number of nitrogens with one attached hydrogen (secondary N) is 1. The van der Waals surface area contributed by atoms with Crippen molar-refractivity contribution < 1.29 is 22.9 Å². The second-order valence-corrected chi connectivity index (χ2v) is 10.6. The smallest absolute Gasteiger partial charge is 0.269 e. The molecule has 3 aromatic rings. The lowest BCUT2D eigenvalue weighted by atomic mass is 10.1. The molecule has 2 amide bonds. The van der Waals surface area contributed by atoms with Gasteiger partial charge in [0.05, 0.1) is 15.5 Å². The molecule has 0 heterocycles. The first kappa shape index (κ1) is 29.3. The van der Waals surface area contributed by atoms with Crippen molar-refractivity contribution in [3.05, 3.63) is 101 Å². The predicted octanol–water partition coefficient (Wildman–Crippen LogP) is 3.78. The summed E-state index contributed by atoms with van der Waals surface area (Å²) in [5, 5.41) is 13.9. The number of nitro benzene ring substituents is 1. The maximum absolute atomic E-state index is 13.8. The highest BCUT2D eigenvalue weighted by molar-refractivity contribution is 7.92. The van der Waals surface area contributed by atoms with Crippen LogP contribution >= 0.6 is 0 Å². The summed E-state index contributed by atoms with van der Waals surface area (Å²) in [6, 6.07) is 21.2. The van der Waals surface area contributed by atoms with Crippen LogP contribution in [0.3, 0.4) is 0 Å². The van der Waals surface area contributed by atoms with Gasteiger partial charge in [0.15, 0.2) is 0 Å². The largest absolute Gasteiger partial charge is 0.355 e. The number of benzene rings is 3. The predicted molar refractivity (Wildman–Crippen MR) is 149 cm³/mol. The second kappa shape index (κ2) is 13.5. The van der Waals surface area contributed by atoms with Gasteiger partial charge < -0.3 is 10.2 Å². The summed E-state index contributed by atoms with van der Waals surface area (Å²) in [5.41, 5.74) is 0.839. The molecule has 0 spiro atoms. The molecule has 0 radical (unpaired) electrons. The van der Waals surface area contributed by atoms with Crippen LogP contribution in [0.2, 0.25) is 0 Å². The fraction of sp³-hybridized carbons (Fsp3) is 0.286. The number of carbonyl (C=O) groups excluding carboxylic acids is 2. The molecule has 0 saturated carbocycles. The van der Waals surface area contributed by atoms with Crippen molar-refractivity contribution >= 4 is 33.2 Å². The summed E-state index contributed by atoms with van der Waals surface area (Å²) >= 11 is 0. The van der Waals surface area contributed by atoms with Crippen LogP contribution in [0.25, 0.3) is 0 Å². The van der Waals surface area contributed by atoms with Gasteiger partial charge in [0.2, 0.25) is 11.8 Å². The highest BCUT2D eigenvalue weighted by Gasteiger charge is 2.33. The van der Waals surface area contributed by atoms with Gasteiger partial charge in [-0.2, -0.15) is 0 Å². The van der Waals surface area contributed by atoms with E-state index in [2.05, 4.69) is 5.32 Å². The van der Waals surface area contributed by atoms with Gasteiger partial charge in [-0.25, -0.2) is 8.42 Å². The van der Waals surface area contributed by atoms with E-state index in [9.17, 15) is 28.1 Å². The Balaban J connectivity index is 2.01. The Kier molecular flexibility index (Phi) is 10.2. The summed E-state index contributed by atoms with van der Waals surface area (Å²) in [7, 11) is -4.23. The Morgan fingerprint density at radius 3 is 2.05 bits per heavy atom. The third-order valence-corrected chi connectivity index (χ3v) is 7.97. The maximum atomic E-state index is 13.8. The van der Waals surface area contributed by atoms with Crippen molar-refractivity contribution in [3.8, 4) is 0 Å². The summed E-state index contributed by atoms with van der Waals surface area (Å²) in [4.78, 5) is 38.7. The standard InChI is InChI=1S/C28H32N4O6S/c1-3-26(28(34)29-4-2)30(20-19-22-11-7-5-8-12-22)27(33)21-31(23-15-17-24(18-16-23)32(35)36)39(37,38)25-13-9-6-10-14-25/h5-18,26H,3-4,19-21H2,1-2H3,(H,29,34)/t26-/m0/s1. The molecular weight excluding hydrogens is 520 g/mol. The maximum Gasteiger partial charge on any atom is 0.269 e. The lowest BCUT2D eigenvalue weighted by molar-refractivity contribution is -0.384. The van der Waals surface area contributed by atoms with Crippen molar-refractivity contribution in [2.75, 3.05) is 23.9 Å². The van der Waals surface area contributed by atoms with Crippen molar-refractivity contribution in [2.24, 2.45) is 0 Å². The Bertz CT molecular complexity index is 1370. The van der Waals surface area contributed by atoms with Crippen LogP contribution in [0.1, 0.15) is 25.8 Å². The van der Waals surface area contributed by atoms with Gasteiger partial charge in [-0.05, 0) is 49.6 Å². The number of non-ortho nitro benzene ring substituents is 1. The molecule has 0 aliphatic rings. The van der Waals surface area contributed by atoms with Crippen LogP contribution in [-0.2, 0) is 26.0 Å². The first-order valence-electron chi connectivity index (χ1n) is 12.6. The SMILES string of the molecule is CCNC(=O)[C@H](CC)N(CCc1ccccc1)C(=O)CN(c1ccc([N+](=O)[O-])cc1)S(=O)(=O)c1ccccc1. The zero-order chi connectivity index (χ0) is 28.4. The lowest BCUT2D eigenvalue weighted by Crippen LogP contribution is -2.53. The second-order valence-electron chi connectivity index (χ2n) is 8.74. The van der Waals surface area contributed by atoms with E-state index >= 15 is 0 Å². The van der Waals surface area contributed by atoms with E-state index in [1.807, 2.05) is 30.3 Å². The van der Waals surface area contributed by atoms with Gasteiger partial charge in [-0.1, -0.05) is 55.5 Å².